The topological polar surface area (TPSA) is 12.9 Å². The molecule has 0 amide bonds. The van der Waals surface area contributed by atoms with Crippen molar-refractivity contribution in [2.45, 2.75) is 13.8 Å². The minimum atomic E-state index is 0. The SMILES string of the molecule is CC.[Pt].[c-]1ccccc1-c1ccc2ccccc2n1. The van der Waals surface area contributed by atoms with Gasteiger partial charge in [-0.2, -0.15) is 0 Å². The van der Waals surface area contributed by atoms with Gasteiger partial charge >= 0.3 is 0 Å². The Balaban J connectivity index is 0.000000576. The Hall–Kier alpha value is -1.46. The number of hydrogen-bond acceptors (Lipinski definition) is 1. The van der Waals surface area contributed by atoms with E-state index >= 15 is 0 Å². The smallest absolute Gasteiger partial charge is 0.0595 e. The molecule has 0 saturated heterocycles. The molecule has 3 rings (SSSR count). The number of rotatable bonds is 1. The number of para-hydroxylation sites is 1. The van der Waals surface area contributed by atoms with Crippen LogP contribution < -0.4 is 0 Å². The van der Waals surface area contributed by atoms with E-state index in [1.165, 1.54) is 5.39 Å². The summed E-state index contributed by atoms with van der Waals surface area (Å²) >= 11 is 0. The molecule has 2 heteroatoms. The molecular weight excluding hydrogens is 413 g/mol. The van der Waals surface area contributed by atoms with Gasteiger partial charge in [0.05, 0.1) is 5.52 Å². The van der Waals surface area contributed by atoms with Crippen LogP contribution in [0.3, 0.4) is 0 Å². The summed E-state index contributed by atoms with van der Waals surface area (Å²) in [6, 6.07) is 23.4. The van der Waals surface area contributed by atoms with Gasteiger partial charge in [0, 0.05) is 21.1 Å². The van der Waals surface area contributed by atoms with Crippen molar-refractivity contribution in [3.05, 3.63) is 66.7 Å². The van der Waals surface area contributed by atoms with Crippen LogP contribution in [0.1, 0.15) is 13.8 Å². The molecule has 0 aliphatic rings. The number of fused-ring (bicyclic) bond motifs is 1. The molecule has 0 fully saturated rings. The number of hydrogen-bond donors (Lipinski definition) is 0. The molecule has 1 heterocycles. The molecule has 19 heavy (non-hydrogen) atoms. The molecule has 0 aliphatic carbocycles. The van der Waals surface area contributed by atoms with Gasteiger partial charge in [-0.3, -0.25) is 4.98 Å². The van der Waals surface area contributed by atoms with Crippen LogP contribution in [-0.4, -0.2) is 4.98 Å². The molecule has 0 saturated carbocycles. The molecular formula is C17H16NPt-. The first-order valence-electron chi connectivity index (χ1n) is 6.26. The average Bonchev–Trinajstić information content (AvgIpc) is 2.50. The molecule has 0 bridgehead atoms. The minimum absolute atomic E-state index is 0. The Labute approximate surface area is 129 Å². The summed E-state index contributed by atoms with van der Waals surface area (Å²) < 4.78 is 0. The van der Waals surface area contributed by atoms with Crippen LogP contribution in [0.5, 0.6) is 0 Å². The number of aromatic nitrogens is 1. The van der Waals surface area contributed by atoms with Crippen molar-refractivity contribution in [3.8, 4) is 11.3 Å². The first-order chi connectivity index (χ1) is 8.93. The van der Waals surface area contributed by atoms with Gasteiger partial charge in [0.15, 0.2) is 0 Å². The fraction of sp³-hybridized carbons (Fsp3) is 0.118. The minimum Gasteiger partial charge on any atom is -0.296 e. The summed E-state index contributed by atoms with van der Waals surface area (Å²) in [4.78, 5) is 4.61. The van der Waals surface area contributed by atoms with Crippen LogP contribution in [0.2, 0.25) is 0 Å². The van der Waals surface area contributed by atoms with E-state index in [9.17, 15) is 0 Å². The van der Waals surface area contributed by atoms with E-state index in [0.717, 1.165) is 16.8 Å². The maximum atomic E-state index is 4.61. The molecule has 1 nitrogen and oxygen atoms in total. The molecule has 0 N–H and O–H groups in total. The molecule has 0 spiro atoms. The first-order valence-corrected chi connectivity index (χ1v) is 6.26. The summed E-state index contributed by atoms with van der Waals surface area (Å²) in [7, 11) is 0. The van der Waals surface area contributed by atoms with Crippen LogP contribution in [0, 0.1) is 6.07 Å². The van der Waals surface area contributed by atoms with Crippen LogP contribution in [0.4, 0.5) is 0 Å². The summed E-state index contributed by atoms with van der Waals surface area (Å²) in [6.45, 7) is 4.00. The van der Waals surface area contributed by atoms with Gasteiger partial charge in [0.1, 0.15) is 0 Å². The van der Waals surface area contributed by atoms with Gasteiger partial charge in [-0.1, -0.05) is 44.2 Å². The van der Waals surface area contributed by atoms with E-state index < -0.39 is 0 Å². The standard InChI is InChI=1S/C15H10N.C2H6.Pt/c1-2-6-12(7-3-1)15-11-10-13-8-4-5-9-14(13)16-15;1-2;/h1-6,8-11H;1-2H3;/q-1;;. The fourth-order valence-corrected chi connectivity index (χ4v) is 1.77. The normalized spacial score (nSPS) is 9.16. The Bertz CT molecular complexity index is 620. The molecule has 0 radical (unpaired) electrons. The van der Waals surface area contributed by atoms with Gasteiger partial charge in [0.25, 0.3) is 0 Å². The quantitative estimate of drug-likeness (QED) is 0.510. The van der Waals surface area contributed by atoms with E-state index in [-0.39, 0.29) is 21.1 Å². The van der Waals surface area contributed by atoms with Crippen molar-refractivity contribution in [1.29, 1.82) is 0 Å². The van der Waals surface area contributed by atoms with E-state index in [1.54, 1.807) is 0 Å². The van der Waals surface area contributed by atoms with E-state index in [0.29, 0.717) is 0 Å². The van der Waals surface area contributed by atoms with E-state index in [4.69, 9.17) is 0 Å². The third-order valence-corrected chi connectivity index (χ3v) is 2.58. The van der Waals surface area contributed by atoms with Crippen molar-refractivity contribution in [3.63, 3.8) is 0 Å². The zero-order valence-electron chi connectivity index (χ0n) is 11.0. The van der Waals surface area contributed by atoms with Crippen molar-refractivity contribution in [1.82, 2.24) is 4.98 Å². The maximum Gasteiger partial charge on any atom is 0.0595 e. The summed E-state index contributed by atoms with van der Waals surface area (Å²) in [6.07, 6.45) is 0. The number of nitrogens with zero attached hydrogens (tertiary/aromatic N) is 1. The third kappa shape index (κ3) is 3.75. The van der Waals surface area contributed by atoms with Gasteiger partial charge in [-0.05, 0) is 17.1 Å². The average molecular weight is 429 g/mol. The monoisotopic (exact) mass is 429 g/mol. The maximum absolute atomic E-state index is 4.61. The van der Waals surface area contributed by atoms with Gasteiger partial charge in [-0.25, -0.2) is 0 Å². The first kappa shape index (κ1) is 15.6. The van der Waals surface area contributed by atoms with Crippen LogP contribution in [0.25, 0.3) is 22.2 Å². The van der Waals surface area contributed by atoms with Crippen LogP contribution in [0.15, 0.2) is 60.7 Å². The molecule has 1 aromatic heterocycles. The Morgan fingerprint density at radius 3 is 2.32 bits per heavy atom. The van der Waals surface area contributed by atoms with Crippen molar-refractivity contribution in [2.24, 2.45) is 0 Å². The molecule has 0 atom stereocenters. The molecule has 3 aromatic rings. The predicted molar refractivity (Wildman–Crippen MR) is 77.4 cm³/mol. The Kier molecular flexibility index (Phi) is 6.45. The van der Waals surface area contributed by atoms with E-state index in [2.05, 4.69) is 23.2 Å². The second-order valence-corrected chi connectivity index (χ2v) is 3.67. The second kappa shape index (κ2) is 7.86. The van der Waals surface area contributed by atoms with Crippen molar-refractivity contribution >= 4 is 10.9 Å². The van der Waals surface area contributed by atoms with E-state index in [1.807, 2.05) is 62.4 Å². The fourth-order valence-electron chi connectivity index (χ4n) is 1.77. The predicted octanol–water partition coefficient (Wildman–Crippen LogP) is 4.73. The van der Waals surface area contributed by atoms with Crippen LogP contribution in [-0.2, 0) is 21.1 Å². The largest absolute Gasteiger partial charge is 0.296 e. The summed E-state index contributed by atoms with van der Waals surface area (Å²) in [5, 5.41) is 1.17. The third-order valence-electron chi connectivity index (χ3n) is 2.58. The molecule has 0 aliphatic heterocycles. The molecule has 100 valence electrons. The Morgan fingerprint density at radius 1 is 0.842 bits per heavy atom. The number of benzene rings is 2. The Morgan fingerprint density at radius 2 is 1.58 bits per heavy atom. The molecule has 2 aromatic carbocycles. The van der Waals surface area contributed by atoms with Gasteiger partial charge in [-0.15, -0.1) is 35.9 Å². The van der Waals surface area contributed by atoms with Gasteiger partial charge < -0.3 is 0 Å². The van der Waals surface area contributed by atoms with Crippen LogP contribution >= 0.6 is 0 Å². The van der Waals surface area contributed by atoms with Gasteiger partial charge in [0.2, 0.25) is 0 Å². The number of pyridine rings is 1. The second-order valence-electron chi connectivity index (χ2n) is 3.67. The zero-order chi connectivity index (χ0) is 12.8. The van der Waals surface area contributed by atoms with Crippen molar-refractivity contribution < 1.29 is 21.1 Å². The molecule has 0 unspecified atom stereocenters. The zero-order valence-corrected chi connectivity index (χ0v) is 13.3. The summed E-state index contributed by atoms with van der Waals surface area (Å²) in [5.41, 5.74) is 3.03. The van der Waals surface area contributed by atoms with Crippen molar-refractivity contribution in [2.75, 3.05) is 0 Å². The summed E-state index contributed by atoms with van der Waals surface area (Å²) in [5.74, 6) is 0.